The van der Waals surface area contributed by atoms with E-state index < -0.39 is 0 Å². The minimum absolute atomic E-state index is 0.0699. The molecule has 2 heteroatoms. The van der Waals surface area contributed by atoms with E-state index in [-0.39, 0.29) is 11.9 Å². The molecule has 0 N–H and O–H groups in total. The van der Waals surface area contributed by atoms with Crippen molar-refractivity contribution in [1.29, 1.82) is 0 Å². The highest BCUT2D eigenvalue weighted by atomic mass is 16.2. The van der Waals surface area contributed by atoms with E-state index >= 15 is 0 Å². The van der Waals surface area contributed by atoms with E-state index in [0.29, 0.717) is 0 Å². The second-order valence-corrected chi connectivity index (χ2v) is 5.80. The predicted octanol–water partition coefficient (Wildman–Crippen LogP) is 4.67. The van der Waals surface area contributed by atoms with E-state index in [1.807, 2.05) is 68.1 Å². The first-order valence-corrected chi connectivity index (χ1v) is 7.39. The molecule has 0 aliphatic rings. The number of anilines is 1. The number of carbonyl (C=O) groups excluding carboxylic acids is 1. The van der Waals surface area contributed by atoms with Crippen LogP contribution in [0.3, 0.4) is 0 Å². The Morgan fingerprint density at radius 1 is 0.905 bits per heavy atom. The third-order valence-corrected chi connectivity index (χ3v) is 3.95. The van der Waals surface area contributed by atoms with E-state index in [4.69, 9.17) is 0 Å². The second kappa shape index (κ2) is 6.13. The lowest BCUT2D eigenvalue weighted by Gasteiger charge is -2.29. The van der Waals surface area contributed by atoms with Gasteiger partial charge in [-0.05, 0) is 63.4 Å². The van der Waals surface area contributed by atoms with Gasteiger partial charge in [0.05, 0.1) is 0 Å². The molecule has 0 aliphatic heterocycles. The van der Waals surface area contributed by atoms with Crippen molar-refractivity contribution in [2.75, 3.05) is 4.90 Å². The zero-order valence-corrected chi connectivity index (χ0v) is 13.5. The minimum atomic E-state index is 0.0699. The highest BCUT2D eigenvalue weighted by Gasteiger charge is 2.23. The molecular formula is C19H23NO. The number of hydrogen-bond donors (Lipinski definition) is 0. The molecule has 0 fully saturated rings. The molecular weight excluding hydrogens is 258 g/mol. The van der Waals surface area contributed by atoms with Crippen LogP contribution in [0.1, 0.15) is 40.9 Å². The molecule has 0 spiro atoms. The van der Waals surface area contributed by atoms with Gasteiger partial charge < -0.3 is 4.90 Å². The van der Waals surface area contributed by atoms with Gasteiger partial charge in [-0.3, -0.25) is 4.79 Å². The van der Waals surface area contributed by atoms with Crippen molar-refractivity contribution in [1.82, 2.24) is 0 Å². The molecule has 0 heterocycles. The van der Waals surface area contributed by atoms with Crippen LogP contribution < -0.4 is 4.90 Å². The van der Waals surface area contributed by atoms with Crippen molar-refractivity contribution < 1.29 is 4.79 Å². The zero-order valence-electron chi connectivity index (χ0n) is 13.5. The van der Waals surface area contributed by atoms with Gasteiger partial charge in [-0.25, -0.2) is 0 Å². The average molecular weight is 281 g/mol. The van der Waals surface area contributed by atoms with E-state index in [9.17, 15) is 4.79 Å². The molecule has 0 aliphatic carbocycles. The monoisotopic (exact) mass is 281 g/mol. The maximum Gasteiger partial charge on any atom is 0.258 e. The van der Waals surface area contributed by atoms with Crippen molar-refractivity contribution in [3.8, 4) is 0 Å². The number of nitrogens with zero attached hydrogens (tertiary/aromatic N) is 1. The molecule has 0 aromatic heterocycles. The fourth-order valence-electron chi connectivity index (χ4n) is 2.57. The largest absolute Gasteiger partial charge is 0.306 e. The van der Waals surface area contributed by atoms with Crippen LogP contribution in [-0.2, 0) is 0 Å². The summed E-state index contributed by atoms with van der Waals surface area (Å²) in [6.07, 6.45) is 0. The van der Waals surface area contributed by atoms with Crippen LogP contribution >= 0.6 is 0 Å². The minimum Gasteiger partial charge on any atom is -0.306 e. The summed E-state index contributed by atoms with van der Waals surface area (Å²) in [6.45, 7) is 10.2. The number of hydrogen-bond acceptors (Lipinski definition) is 1. The molecule has 0 unspecified atom stereocenters. The smallest absolute Gasteiger partial charge is 0.258 e. The quantitative estimate of drug-likeness (QED) is 0.800. The Balaban J connectivity index is 2.51. The number of amides is 1. The molecule has 0 saturated heterocycles. The number of para-hydroxylation sites is 1. The molecule has 21 heavy (non-hydrogen) atoms. The Morgan fingerprint density at radius 3 is 2.14 bits per heavy atom. The normalized spacial score (nSPS) is 10.8. The molecule has 2 aromatic carbocycles. The lowest BCUT2D eigenvalue weighted by Crippen LogP contribution is -2.38. The van der Waals surface area contributed by atoms with E-state index in [1.165, 1.54) is 0 Å². The van der Waals surface area contributed by atoms with Gasteiger partial charge in [0.15, 0.2) is 0 Å². The van der Waals surface area contributed by atoms with Crippen LogP contribution in [0.5, 0.6) is 0 Å². The molecule has 2 rings (SSSR count). The maximum atomic E-state index is 13.0. The van der Waals surface area contributed by atoms with Gasteiger partial charge in [0, 0.05) is 17.3 Å². The summed E-state index contributed by atoms with van der Waals surface area (Å²) in [5.74, 6) is 0.0699. The molecule has 2 aromatic rings. The Bertz CT molecular complexity index is 658. The van der Waals surface area contributed by atoms with Crippen LogP contribution in [0, 0.1) is 20.8 Å². The number of benzene rings is 2. The van der Waals surface area contributed by atoms with Gasteiger partial charge in [-0.1, -0.05) is 30.3 Å². The molecule has 2 nitrogen and oxygen atoms in total. The van der Waals surface area contributed by atoms with E-state index in [2.05, 4.69) is 13.8 Å². The summed E-state index contributed by atoms with van der Waals surface area (Å²) in [6, 6.07) is 14.1. The van der Waals surface area contributed by atoms with Crippen LogP contribution in [0.4, 0.5) is 5.69 Å². The Kier molecular flexibility index (Phi) is 4.46. The molecule has 110 valence electrons. The lowest BCUT2D eigenvalue weighted by atomic mass is 10.0. The highest BCUT2D eigenvalue weighted by molar-refractivity contribution is 6.07. The Labute approximate surface area is 127 Å². The first kappa shape index (κ1) is 15.3. The summed E-state index contributed by atoms with van der Waals surface area (Å²) in [5.41, 5.74) is 5.09. The fourth-order valence-corrected chi connectivity index (χ4v) is 2.57. The molecule has 0 radical (unpaired) electrons. The summed E-state index contributed by atoms with van der Waals surface area (Å²) in [4.78, 5) is 14.9. The van der Waals surface area contributed by atoms with Crippen LogP contribution in [0.2, 0.25) is 0 Å². The van der Waals surface area contributed by atoms with Gasteiger partial charge >= 0.3 is 0 Å². The van der Waals surface area contributed by atoms with E-state index in [1.54, 1.807) is 0 Å². The van der Waals surface area contributed by atoms with Gasteiger partial charge in [0.1, 0.15) is 0 Å². The van der Waals surface area contributed by atoms with E-state index in [0.717, 1.165) is 27.9 Å². The molecule has 0 saturated carbocycles. The van der Waals surface area contributed by atoms with Crippen molar-refractivity contribution in [3.05, 3.63) is 64.7 Å². The Morgan fingerprint density at radius 2 is 1.52 bits per heavy atom. The highest BCUT2D eigenvalue weighted by Crippen LogP contribution is 2.25. The van der Waals surface area contributed by atoms with Gasteiger partial charge in [-0.15, -0.1) is 0 Å². The third-order valence-electron chi connectivity index (χ3n) is 3.95. The fraction of sp³-hybridized carbons (Fsp3) is 0.316. The van der Waals surface area contributed by atoms with Crippen molar-refractivity contribution >= 4 is 11.6 Å². The molecule has 0 atom stereocenters. The first-order chi connectivity index (χ1) is 9.93. The van der Waals surface area contributed by atoms with Crippen molar-refractivity contribution in [3.63, 3.8) is 0 Å². The van der Waals surface area contributed by atoms with Gasteiger partial charge in [0.2, 0.25) is 0 Å². The molecule has 0 bridgehead atoms. The predicted molar refractivity (Wildman–Crippen MR) is 89.0 cm³/mol. The first-order valence-electron chi connectivity index (χ1n) is 7.39. The summed E-state index contributed by atoms with van der Waals surface area (Å²) in [7, 11) is 0. The van der Waals surface area contributed by atoms with Crippen LogP contribution in [0.25, 0.3) is 0 Å². The zero-order chi connectivity index (χ0) is 15.6. The van der Waals surface area contributed by atoms with Crippen molar-refractivity contribution in [2.45, 2.75) is 40.7 Å². The topological polar surface area (TPSA) is 20.3 Å². The molecule has 1 amide bonds. The van der Waals surface area contributed by atoms with Crippen molar-refractivity contribution in [2.24, 2.45) is 0 Å². The number of carbonyl (C=O) groups is 1. The SMILES string of the molecule is Cc1ccccc1N(C(=O)c1cccc(C)c1C)C(C)C. The summed E-state index contributed by atoms with van der Waals surface area (Å²) in [5, 5.41) is 0. The van der Waals surface area contributed by atoms with Crippen LogP contribution in [-0.4, -0.2) is 11.9 Å². The summed E-state index contributed by atoms with van der Waals surface area (Å²) < 4.78 is 0. The third kappa shape index (κ3) is 2.99. The van der Waals surface area contributed by atoms with Gasteiger partial charge in [-0.2, -0.15) is 0 Å². The second-order valence-electron chi connectivity index (χ2n) is 5.80. The lowest BCUT2D eigenvalue weighted by molar-refractivity contribution is 0.0979. The standard InChI is InChI=1S/C19H23NO/c1-13(2)20(18-12-7-6-9-15(18)4)19(21)17-11-8-10-14(3)16(17)5/h6-13H,1-5H3. The number of rotatable bonds is 3. The Hall–Kier alpha value is -2.09. The number of aryl methyl sites for hydroxylation is 2. The van der Waals surface area contributed by atoms with Gasteiger partial charge in [0.25, 0.3) is 5.91 Å². The summed E-state index contributed by atoms with van der Waals surface area (Å²) >= 11 is 0. The average Bonchev–Trinajstić information content (AvgIpc) is 2.43. The maximum absolute atomic E-state index is 13.0. The van der Waals surface area contributed by atoms with Crippen LogP contribution in [0.15, 0.2) is 42.5 Å².